The van der Waals surface area contributed by atoms with Crippen molar-refractivity contribution in [1.29, 1.82) is 0 Å². The normalized spacial score (nSPS) is 22.6. The third kappa shape index (κ3) is 5.66. The van der Waals surface area contributed by atoms with Gasteiger partial charge in [-0.1, -0.05) is 0 Å². The lowest BCUT2D eigenvalue weighted by atomic mass is 10.2. The number of carbonyl (C=O) groups excluding carboxylic acids is 3. The maximum absolute atomic E-state index is 12.7. The van der Waals surface area contributed by atoms with Gasteiger partial charge in [-0.2, -0.15) is 13.2 Å². The number of likely N-dealkylation sites (N-methyl/N-ethyl adjacent to an activating group) is 2. The Morgan fingerprint density at radius 2 is 1.34 bits per heavy atom. The van der Waals surface area contributed by atoms with E-state index in [1.54, 1.807) is 32.7 Å². The minimum Gasteiger partial charge on any atom is -0.444 e. The first-order valence-electron chi connectivity index (χ1n) is 9.54. The maximum Gasteiger partial charge on any atom is 0.471 e. The van der Waals surface area contributed by atoms with Crippen molar-refractivity contribution in [2.24, 2.45) is 0 Å². The number of rotatable bonds is 2. The summed E-state index contributed by atoms with van der Waals surface area (Å²) in [4.78, 5) is 41.5. The Bertz CT molecular complexity index is 650. The topological polar surface area (TPSA) is 73.4 Å². The molecule has 0 aromatic heterocycles. The highest BCUT2D eigenvalue weighted by molar-refractivity contribution is 5.82. The quantitative estimate of drug-likeness (QED) is 0.684. The van der Waals surface area contributed by atoms with E-state index in [2.05, 4.69) is 0 Å². The molecule has 2 aliphatic heterocycles. The van der Waals surface area contributed by atoms with Gasteiger partial charge >= 0.3 is 24.2 Å². The minimum absolute atomic E-state index is 0.0558. The zero-order valence-corrected chi connectivity index (χ0v) is 17.5. The summed E-state index contributed by atoms with van der Waals surface area (Å²) < 4.78 is 43.2. The number of urea groups is 1. The van der Waals surface area contributed by atoms with Crippen LogP contribution in [0.25, 0.3) is 0 Å². The average Bonchev–Trinajstić information content (AvgIpc) is 3.26. The van der Waals surface area contributed by atoms with E-state index >= 15 is 0 Å². The van der Waals surface area contributed by atoms with Crippen LogP contribution in [-0.4, -0.2) is 102 Å². The van der Waals surface area contributed by atoms with Crippen molar-refractivity contribution in [3.63, 3.8) is 0 Å². The van der Waals surface area contributed by atoms with E-state index in [-0.39, 0.29) is 25.2 Å². The molecule has 11 heteroatoms. The van der Waals surface area contributed by atoms with Crippen molar-refractivity contribution in [3.05, 3.63) is 0 Å². The number of hydrogen-bond donors (Lipinski definition) is 0. The molecule has 8 nitrogen and oxygen atoms in total. The molecule has 0 spiro atoms. The van der Waals surface area contributed by atoms with E-state index in [4.69, 9.17) is 4.74 Å². The van der Waals surface area contributed by atoms with E-state index in [1.165, 1.54) is 9.80 Å². The molecule has 2 atom stereocenters. The van der Waals surface area contributed by atoms with E-state index < -0.39 is 29.8 Å². The number of halogens is 3. The smallest absolute Gasteiger partial charge is 0.444 e. The Kier molecular flexibility index (Phi) is 6.58. The van der Waals surface area contributed by atoms with Crippen molar-refractivity contribution >= 4 is 18.0 Å². The van der Waals surface area contributed by atoms with Crippen LogP contribution in [0.2, 0.25) is 0 Å². The first-order valence-corrected chi connectivity index (χ1v) is 9.54. The van der Waals surface area contributed by atoms with Crippen LogP contribution in [0.15, 0.2) is 0 Å². The van der Waals surface area contributed by atoms with Crippen LogP contribution >= 0.6 is 0 Å². The third-order valence-corrected chi connectivity index (χ3v) is 5.21. The lowest BCUT2D eigenvalue weighted by molar-refractivity contribution is -0.185. The fraction of sp³-hybridized carbons (Fsp3) is 0.833. The van der Waals surface area contributed by atoms with Crippen molar-refractivity contribution in [1.82, 2.24) is 19.6 Å². The second-order valence-corrected chi connectivity index (χ2v) is 8.56. The highest BCUT2D eigenvalue weighted by Gasteiger charge is 2.45. The molecule has 29 heavy (non-hydrogen) atoms. The highest BCUT2D eigenvalue weighted by atomic mass is 19.4. The number of likely N-dealkylation sites (tertiary alicyclic amines) is 2. The molecule has 2 fully saturated rings. The van der Waals surface area contributed by atoms with Gasteiger partial charge in [0.1, 0.15) is 5.60 Å². The van der Waals surface area contributed by atoms with E-state index in [1.807, 2.05) is 0 Å². The molecule has 2 heterocycles. The zero-order valence-electron chi connectivity index (χ0n) is 17.5. The number of alkyl halides is 3. The Morgan fingerprint density at radius 1 is 0.897 bits per heavy atom. The van der Waals surface area contributed by atoms with Crippen LogP contribution in [0.3, 0.4) is 0 Å². The van der Waals surface area contributed by atoms with Crippen molar-refractivity contribution in [2.75, 3.05) is 40.3 Å². The van der Waals surface area contributed by atoms with Gasteiger partial charge in [0.25, 0.3) is 0 Å². The van der Waals surface area contributed by atoms with Gasteiger partial charge < -0.3 is 24.3 Å². The summed E-state index contributed by atoms with van der Waals surface area (Å²) >= 11 is 0. The maximum atomic E-state index is 12.7. The molecule has 2 saturated heterocycles. The predicted octanol–water partition coefficient (Wildman–Crippen LogP) is 2.14. The molecule has 2 aliphatic rings. The molecule has 0 saturated carbocycles. The molecular weight excluding hydrogens is 393 g/mol. The molecule has 166 valence electrons. The van der Waals surface area contributed by atoms with Gasteiger partial charge in [0, 0.05) is 40.3 Å². The molecule has 0 aromatic carbocycles. The molecule has 0 aromatic rings. The first kappa shape index (κ1) is 23.1. The molecule has 2 unspecified atom stereocenters. The highest BCUT2D eigenvalue weighted by Crippen LogP contribution is 2.25. The van der Waals surface area contributed by atoms with Crippen molar-refractivity contribution in [2.45, 2.75) is 57.5 Å². The molecule has 0 N–H and O–H groups in total. The molecule has 4 amide bonds. The monoisotopic (exact) mass is 422 g/mol. The minimum atomic E-state index is -4.93. The van der Waals surface area contributed by atoms with E-state index in [9.17, 15) is 27.6 Å². The fourth-order valence-corrected chi connectivity index (χ4v) is 3.51. The van der Waals surface area contributed by atoms with E-state index in [0.29, 0.717) is 30.8 Å². The van der Waals surface area contributed by atoms with Gasteiger partial charge in [-0.15, -0.1) is 0 Å². The molecular formula is C18H29F3N4O4. The van der Waals surface area contributed by atoms with Crippen LogP contribution < -0.4 is 0 Å². The van der Waals surface area contributed by atoms with Crippen LogP contribution in [0.1, 0.15) is 33.6 Å². The van der Waals surface area contributed by atoms with Crippen molar-refractivity contribution < 1.29 is 32.3 Å². The third-order valence-electron chi connectivity index (χ3n) is 5.21. The van der Waals surface area contributed by atoms with Crippen LogP contribution in [-0.2, 0) is 9.53 Å². The summed E-state index contributed by atoms with van der Waals surface area (Å²) in [6.45, 7) is 6.42. The molecule has 2 rings (SSSR count). The lowest BCUT2D eigenvalue weighted by Gasteiger charge is -2.29. The summed E-state index contributed by atoms with van der Waals surface area (Å²) in [6.07, 6.45) is -4.52. The van der Waals surface area contributed by atoms with Gasteiger partial charge in [-0.3, -0.25) is 4.79 Å². The molecule has 0 radical (unpaired) electrons. The number of ether oxygens (including phenoxy) is 1. The second kappa shape index (κ2) is 8.27. The fourth-order valence-electron chi connectivity index (χ4n) is 3.51. The van der Waals surface area contributed by atoms with Crippen molar-refractivity contribution in [3.8, 4) is 0 Å². The van der Waals surface area contributed by atoms with Crippen LogP contribution in [0.5, 0.6) is 0 Å². The SMILES string of the molecule is CN(C(=O)OC(C)(C)C)C1CCN(C(=O)N2CCC(N(C)C(=O)C(F)(F)F)C2)C1. The summed E-state index contributed by atoms with van der Waals surface area (Å²) in [5.74, 6) is -1.91. The van der Waals surface area contributed by atoms with Gasteiger partial charge in [0.05, 0.1) is 12.1 Å². The summed E-state index contributed by atoms with van der Waals surface area (Å²) in [7, 11) is 2.73. The Hall–Kier alpha value is -2.20. The van der Waals surface area contributed by atoms with Gasteiger partial charge in [-0.25, -0.2) is 9.59 Å². The van der Waals surface area contributed by atoms with E-state index in [0.717, 1.165) is 7.05 Å². The predicted molar refractivity (Wildman–Crippen MR) is 98.2 cm³/mol. The van der Waals surface area contributed by atoms with Gasteiger partial charge in [-0.05, 0) is 33.6 Å². The summed E-state index contributed by atoms with van der Waals surface area (Å²) in [5.41, 5.74) is -0.621. The standard InChI is InChI=1S/C18H29F3N4O4/c1-17(2,3)29-16(28)23(5)13-7-9-25(11-13)15(27)24-8-6-12(10-24)22(4)14(26)18(19,20)21/h12-13H,6-11H2,1-5H3. The zero-order chi connectivity index (χ0) is 22.1. The number of nitrogens with zero attached hydrogens (tertiary/aromatic N) is 4. The Labute approximate surface area is 168 Å². The Morgan fingerprint density at radius 3 is 1.76 bits per heavy atom. The Balaban J connectivity index is 1.89. The molecule has 0 bridgehead atoms. The summed E-state index contributed by atoms with van der Waals surface area (Å²) in [5, 5.41) is 0. The first-order chi connectivity index (χ1) is 13.2. The van der Waals surface area contributed by atoms with Gasteiger partial charge in [0.2, 0.25) is 0 Å². The molecule has 0 aliphatic carbocycles. The lowest BCUT2D eigenvalue weighted by Crippen LogP contribution is -2.48. The number of hydrogen-bond acceptors (Lipinski definition) is 4. The van der Waals surface area contributed by atoms with Gasteiger partial charge in [0.15, 0.2) is 0 Å². The summed E-state index contributed by atoms with van der Waals surface area (Å²) in [6, 6.07) is -1.15. The number of amides is 4. The van der Waals surface area contributed by atoms with Crippen LogP contribution in [0, 0.1) is 0 Å². The largest absolute Gasteiger partial charge is 0.471 e. The van der Waals surface area contributed by atoms with Crippen LogP contribution in [0.4, 0.5) is 22.8 Å². The second-order valence-electron chi connectivity index (χ2n) is 8.56. The number of carbonyl (C=O) groups is 3. The average molecular weight is 422 g/mol.